The molecule has 0 aromatic heterocycles. The molecule has 98 valence electrons. The van der Waals surface area contributed by atoms with Gasteiger partial charge in [-0.05, 0) is 18.1 Å². The first-order valence-electron chi connectivity index (χ1n) is 5.99. The maximum atomic E-state index is 11.9. The quantitative estimate of drug-likeness (QED) is 0.862. The summed E-state index contributed by atoms with van der Waals surface area (Å²) in [6.45, 7) is 0.245. The van der Waals surface area contributed by atoms with Crippen molar-refractivity contribution in [1.29, 1.82) is 0 Å². The van der Waals surface area contributed by atoms with Crippen LogP contribution in [0, 0.1) is 0 Å². The molecule has 0 saturated heterocycles. The second-order valence-corrected chi connectivity index (χ2v) is 5.43. The number of rotatable bonds is 4. The Hall–Kier alpha value is -1.04. The SMILES string of the molecule is COCC(N)C(=O)NC1CCSc2ccccc21. The highest BCUT2D eigenvalue weighted by Crippen LogP contribution is 2.35. The molecule has 0 fully saturated rings. The second-order valence-electron chi connectivity index (χ2n) is 4.30. The topological polar surface area (TPSA) is 64.3 Å². The maximum Gasteiger partial charge on any atom is 0.239 e. The predicted molar refractivity (Wildman–Crippen MR) is 72.5 cm³/mol. The number of nitrogens with one attached hydrogen (secondary N) is 1. The fourth-order valence-corrected chi connectivity index (χ4v) is 3.15. The summed E-state index contributed by atoms with van der Waals surface area (Å²) in [6, 6.07) is 7.64. The van der Waals surface area contributed by atoms with E-state index in [2.05, 4.69) is 17.4 Å². The van der Waals surface area contributed by atoms with E-state index in [1.807, 2.05) is 23.9 Å². The highest BCUT2D eigenvalue weighted by molar-refractivity contribution is 7.99. The molecule has 2 unspecified atom stereocenters. The largest absolute Gasteiger partial charge is 0.383 e. The van der Waals surface area contributed by atoms with E-state index in [-0.39, 0.29) is 18.6 Å². The third-order valence-corrected chi connectivity index (χ3v) is 4.08. The number of thioether (sulfide) groups is 1. The molecule has 18 heavy (non-hydrogen) atoms. The molecule has 1 aliphatic rings. The van der Waals surface area contributed by atoms with Gasteiger partial charge in [-0.3, -0.25) is 4.79 Å². The molecule has 1 aromatic rings. The van der Waals surface area contributed by atoms with Crippen molar-refractivity contribution < 1.29 is 9.53 Å². The van der Waals surface area contributed by atoms with Crippen LogP contribution in [-0.4, -0.2) is 31.4 Å². The number of hydrogen-bond donors (Lipinski definition) is 2. The molecule has 4 nitrogen and oxygen atoms in total. The molecule has 1 amide bonds. The number of fused-ring (bicyclic) bond motifs is 1. The Kier molecular flexibility index (Phi) is 4.63. The van der Waals surface area contributed by atoms with Crippen LogP contribution in [0.4, 0.5) is 0 Å². The van der Waals surface area contributed by atoms with Gasteiger partial charge >= 0.3 is 0 Å². The molecule has 2 atom stereocenters. The number of carbonyl (C=O) groups excluding carboxylic acids is 1. The summed E-state index contributed by atoms with van der Waals surface area (Å²) in [7, 11) is 1.54. The molecule has 1 aromatic carbocycles. The molecule has 0 saturated carbocycles. The minimum atomic E-state index is -0.600. The Morgan fingerprint density at radius 3 is 3.17 bits per heavy atom. The smallest absolute Gasteiger partial charge is 0.239 e. The van der Waals surface area contributed by atoms with Gasteiger partial charge in [-0.15, -0.1) is 11.8 Å². The number of carbonyl (C=O) groups is 1. The highest BCUT2D eigenvalue weighted by Gasteiger charge is 2.23. The highest BCUT2D eigenvalue weighted by atomic mass is 32.2. The summed E-state index contributed by atoms with van der Waals surface area (Å²) in [5.74, 6) is 0.866. The molecule has 0 radical (unpaired) electrons. The molecule has 1 aliphatic heterocycles. The summed E-state index contributed by atoms with van der Waals surface area (Å²) in [6.07, 6.45) is 0.938. The Morgan fingerprint density at radius 2 is 2.39 bits per heavy atom. The lowest BCUT2D eigenvalue weighted by molar-refractivity contribution is -0.124. The van der Waals surface area contributed by atoms with Crippen molar-refractivity contribution in [2.75, 3.05) is 19.5 Å². The fourth-order valence-electron chi connectivity index (χ4n) is 2.03. The zero-order valence-electron chi connectivity index (χ0n) is 10.4. The van der Waals surface area contributed by atoms with Crippen LogP contribution >= 0.6 is 11.8 Å². The van der Waals surface area contributed by atoms with E-state index in [4.69, 9.17) is 10.5 Å². The number of hydrogen-bond acceptors (Lipinski definition) is 4. The summed E-state index contributed by atoms with van der Waals surface area (Å²) in [5.41, 5.74) is 6.91. The fraction of sp³-hybridized carbons (Fsp3) is 0.462. The molecule has 3 N–H and O–H groups in total. The van der Waals surface area contributed by atoms with Gasteiger partial charge < -0.3 is 15.8 Å². The van der Waals surface area contributed by atoms with Crippen molar-refractivity contribution in [1.82, 2.24) is 5.32 Å². The van der Waals surface area contributed by atoms with E-state index in [9.17, 15) is 4.79 Å². The third-order valence-electron chi connectivity index (χ3n) is 2.96. The number of benzene rings is 1. The second kappa shape index (κ2) is 6.22. The molecule has 0 aliphatic carbocycles. The zero-order valence-corrected chi connectivity index (χ0v) is 11.2. The predicted octanol–water partition coefficient (Wildman–Crippen LogP) is 1.31. The van der Waals surface area contributed by atoms with Gasteiger partial charge in [0.15, 0.2) is 0 Å². The first kappa shape index (κ1) is 13.4. The van der Waals surface area contributed by atoms with Gasteiger partial charge in [0.25, 0.3) is 0 Å². The van der Waals surface area contributed by atoms with Gasteiger partial charge in [0.05, 0.1) is 12.6 Å². The minimum Gasteiger partial charge on any atom is -0.383 e. The van der Waals surface area contributed by atoms with E-state index >= 15 is 0 Å². The van der Waals surface area contributed by atoms with E-state index in [0.717, 1.165) is 12.2 Å². The Balaban J connectivity index is 2.05. The van der Waals surface area contributed by atoms with E-state index in [0.29, 0.717) is 0 Å². The van der Waals surface area contributed by atoms with Gasteiger partial charge in [-0.1, -0.05) is 18.2 Å². The van der Waals surface area contributed by atoms with Crippen molar-refractivity contribution in [2.24, 2.45) is 5.73 Å². The lowest BCUT2D eigenvalue weighted by atomic mass is 10.0. The first-order chi connectivity index (χ1) is 8.72. The number of nitrogens with two attached hydrogens (primary N) is 1. The molecular formula is C13H18N2O2S. The van der Waals surface area contributed by atoms with Gasteiger partial charge in [0.1, 0.15) is 6.04 Å². The average Bonchev–Trinajstić information content (AvgIpc) is 2.39. The summed E-state index contributed by atoms with van der Waals surface area (Å²) in [4.78, 5) is 13.1. The molecule has 0 bridgehead atoms. The number of methoxy groups -OCH3 is 1. The van der Waals surface area contributed by atoms with Crippen LogP contribution in [0.15, 0.2) is 29.2 Å². The van der Waals surface area contributed by atoms with Gasteiger partial charge in [-0.25, -0.2) is 0 Å². The van der Waals surface area contributed by atoms with Gasteiger partial charge in [0, 0.05) is 17.8 Å². The maximum absolute atomic E-state index is 11.9. The Labute approximate surface area is 111 Å². The van der Waals surface area contributed by atoms with Crippen LogP contribution in [0.2, 0.25) is 0 Å². The number of amides is 1. The van der Waals surface area contributed by atoms with Crippen LogP contribution in [-0.2, 0) is 9.53 Å². The number of ether oxygens (including phenoxy) is 1. The van der Waals surface area contributed by atoms with Crippen LogP contribution in [0.5, 0.6) is 0 Å². The summed E-state index contributed by atoms with van der Waals surface area (Å²) < 4.78 is 4.89. The van der Waals surface area contributed by atoms with E-state index < -0.39 is 6.04 Å². The monoisotopic (exact) mass is 266 g/mol. The minimum absolute atomic E-state index is 0.0675. The van der Waals surface area contributed by atoms with Gasteiger partial charge in [-0.2, -0.15) is 0 Å². The van der Waals surface area contributed by atoms with Crippen LogP contribution in [0.25, 0.3) is 0 Å². The van der Waals surface area contributed by atoms with Gasteiger partial charge in [0.2, 0.25) is 5.91 Å². The van der Waals surface area contributed by atoms with Crippen LogP contribution in [0.3, 0.4) is 0 Å². The molecular weight excluding hydrogens is 248 g/mol. The van der Waals surface area contributed by atoms with Crippen molar-refractivity contribution in [3.05, 3.63) is 29.8 Å². The van der Waals surface area contributed by atoms with Crippen molar-refractivity contribution >= 4 is 17.7 Å². The molecule has 5 heteroatoms. The van der Waals surface area contributed by atoms with E-state index in [1.165, 1.54) is 10.5 Å². The Morgan fingerprint density at radius 1 is 1.61 bits per heavy atom. The summed E-state index contributed by atoms with van der Waals surface area (Å²) >= 11 is 1.83. The van der Waals surface area contributed by atoms with E-state index in [1.54, 1.807) is 7.11 Å². The summed E-state index contributed by atoms with van der Waals surface area (Å²) in [5, 5.41) is 3.00. The third kappa shape index (κ3) is 3.04. The van der Waals surface area contributed by atoms with Crippen LogP contribution < -0.4 is 11.1 Å². The standard InChI is InChI=1S/C13H18N2O2S/c1-17-8-10(14)13(16)15-11-6-7-18-12-5-3-2-4-9(11)12/h2-5,10-11H,6-8,14H2,1H3,(H,15,16). The lowest BCUT2D eigenvalue weighted by Crippen LogP contribution is -2.45. The first-order valence-corrected chi connectivity index (χ1v) is 6.97. The molecule has 1 heterocycles. The Bertz CT molecular complexity index is 425. The van der Waals surface area contributed by atoms with Crippen molar-refractivity contribution in [3.8, 4) is 0 Å². The van der Waals surface area contributed by atoms with Crippen LogP contribution in [0.1, 0.15) is 18.0 Å². The molecule has 0 spiro atoms. The normalized spacial score (nSPS) is 20.0. The zero-order chi connectivity index (χ0) is 13.0. The van der Waals surface area contributed by atoms with Crippen molar-refractivity contribution in [3.63, 3.8) is 0 Å². The molecule has 2 rings (SSSR count). The average molecular weight is 266 g/mol. The lowest BCUT2D eigenvalue weighted by Gasteiger charge is -2.26. The van der Waals surface area contributed by atoms with Crippen molar-refractivity contribution in [2.45, 2.75) is 23.4 Å².